The average Bonchev–Trinajstić information content (AvgIpc) is 2.62. The number of ether oxygens (including phenoxy) is 1. The van der Waals surface area contributed by atoms with Gasteiger partial charge in [0.05, 0.1) is 16.4 Å². The Labute approximate surface area is 151 Å². The molecule has 1 atom stereocenters. The van der Waals surface area contributed by atoms with Crippen LogP contribution in [-0.2, 0) is 25.8 Å². The normalized spacial score (nSPS) is 13.6. The van der Waals surface area contributed by atoms with Crippen LogP contribution >= 0.6 is 0 Å². The van der Waals surface area contributed by atoms with E-state index in [0.29, 0.717) is 5.56 Å². The molecule has 0 bridgehead atoms. The fraction of sp³-hybridized carbons (Fsp3) is 0.278. The van der Waals surface area contributed by atoms with Gasteiger partial charge in [0.1, 0.15) is 0 Å². The molecule has 26 heavy (non-hydrogen) atoms. The third-order valence-corrected chi connectivity index (χ3v) is 6.43. The van der Waals surface area contributed by atoms with Gasteiger partial charge in [-0.05, 0) is 31.5 Å². The van der Waals surface area contributed by atoms with Gasteiger partial charge in [-0.3, -0.25) is 14.9 Å². The highest BCUT2D eigenvalue weighted by Gasteiger charge is 2.48. The summed E-state index contributed by atoms with van der Waals surface area (Å²) in [6.07, 6.45) is -0.0774. The lowest BCUT2D eigenvalue weighted by atomic mass is 10.0. The molecule has 0 aliphatic carbocycles. The highest BCUT2D eigenvalue weighted by atomic mass is 32.2. The molecule has 7 nitrogen and oxygen atoms in total. The minimum Gasteiger partial charge on any atom is -0.465 e. The third-order valence-electron chi connectivity index (χ3n) is 4.04. The summed E-state index contributed by atoms with van der Waals surface area (Å²) in [6.45, 7) is 2.95. The number of nitro groups is 1. The molecule has 0 spiro atoms. The first-order chi connectivity index (χ1) is 12.2. The van der Waals surface area contributed by atoms with E-state index in [4.69, 9.17) is 4.74 Å². The van der Waals surface area contributed by atoms with E-state index in [9.17, 15) is 23.3 Å². The highest BCUT2D eigenvalue weighted by Crippen LogP contribution is 2.31. The van der Waals surface area contributed by atoms with Crippen LogP contribution in [0.4, 0.5) is 5.69 Å². The maximum absolute atomic E-state index is 13.2. The molecule has 0 heterocycles. The number of sulfone groups is 1. The molecule has 0 fully saturated rings. The number of nitrogens with zero attached hydrogens (tertiary/aromatic N) is 1. The summed E-state index contributed by atoms with van der Waals surface area (Å²) < 4.78 is 29.5. The SMILES string of the molecule is CCOC(=O)C(C)(Cc1ccccc1)S(=O)(=O)c1ccc([N+](=O)[O-])cc1. The molecule has 2 aromatic carbocycles. The number of hydrogen-bond donors (Lipinski definition) is 0. The number of non-ortho nitro benzene ring substituents is 1. The topological polar surface area (TPSA) is 104 Å². The number of hydrogen-bond acceptors (Lipinski definition) is 6. The fourth-order valence-corrected chi connectivity index (χ4v) is 4.20. The molecule has 0 saturated heterocycles. The van der Waals surface area contributed by atoms with Gasteiger partial charge in [-0.25, -0.2) is 8.42 Å². The van der Waals surface area contributed by atoms with E-state index >= 15 is 0 Å². The molecule has 2 rings (SSSR count). The Hall–Kier alpha value is -2.74. The molecule has 0 saturated carbocycles. The predicted octanol–water partition coefficient (Wildman–Crippen LogP) is 2.93. The monoisotopic (exact) mass is 377 g/mol. The number of carbonyl (C=O) groups is 1. The minimum atomic E-state index is -4.16. The molecule has 8 heteroatoms. The van der Waals surface area contributed by atoms with E-state index in [1.807, 2.05) is 0 Å². The summed E-state index contributed by atoms with van der Waals surface area (Å²) in [7, 11) is -4.16. The summed E-state index contributed by atoms with van der Waals surface area (Å²) >= 11 is 0. The van der Waals surface area contributed by atoms with E-state index in [2.05, 4.69) is 0 Å². The second-order valence-electron chi connectivity index (χ2n) is 5.87. The van der Waals surface area contributed by atoms with Gasteiger partial charge < -0.3 is 4.74 Å². The Balaban J connectivity index is 2.52. The molecular formula is C18H19NO6S. The second kappa shape index (κ2) is 7.65. The molecule has 0 aliphatic rings. The largest absolute Gasteiger partial charge is 0.465 e. The van der Waals surface area contributed by atoms with Crippen molar-refractivity contribution in [3.8, 4) is 0 Å². The zero-order chi connectivity index (χ0) is 19.4. The van der Waals surface area contributed by atoms with E-state index < -0.39 is 25.5 Å². The fourth-order valence-electron chi connectivity index (χ4n) is 2.55. The second-order valence-corrected chi connectivity index (χ2v) is 8.25. The van der Waals surface area contributed by atoms with E-state index in [-0.39, 0.29) is 23.6 Å². The van der Waals surface area contributed by atoms with Crippen molar-refractivity contribution in [1.29, 1.82) is 0 Å². The van der Waals surface area contributed by atoms with Crippen LogP contribution in [0.1, 0.15) is 19.4 Å². The molecule has 1 unspecified atom stereocenters. The van der Waals surface area contributed by atoms with Gasteiger partial charge in [-0.1, -0.05) is 30.3 Å². The van der Waals surface area contributed by atoms with E-state index in [1.165, 1.54) is 6.92 Å². The van der Waals surface area contributed by atoms with Crippen LogP contribution in [0.3, 0.4) is 0 Å². The first-order valence-corrected chi connectivity index (χ1v) is 9.41. The van der Waals surface area contributed by atoms with Crippen LogP contribution < -0.4 is 0 Å². The third kappa shape index (κ3) is 3.75. The summed E-state index contributed by atoms with van der Waals surface area (Å²) in [5.41, 5.74) is 0.429. The van der Waals surface area contributed by atoms with Crippen LogP contribution in [0.25, 0.3) is 0 Å². The van der Waals surface area contributed by atoms with E-state index in [1.54, 1.807) is 37.3 Å². The van der Waals surface area contributed by atoms with Crippen molar-refractivity contribution in [1.82, 2.24) is 0 Å². The summed E-state index contributed by atoms with van der Waals surface area (Å²) in [6, 6.07) is 13.2. The Bertz CT molecular complexity index is 893. The average molecular weight is 377 g/mol. The van der Waals surface area contributed by atoms with Gasteiger partial charge in [0, 0.05) is 18.6 Å². The van der Waals surface area contributed by atoms with E-state index in [0.717, 1.165) is 24.3 Å². The molecule has 0 aromatic heterocycles. The molecule has 0 amide bonds. The van der Waals surface area contributed by atoms with Crippen molar-refractivity contribution in [3.63, 3.8) is 0 Å². The van der Waals surface area contributed by atoms with Gasteiger partial charge in [0.2, 0.25) is 0 Å². The van der Waals surface area contributed by atoms with Crippen molar-refractivity contribution in [2.45, 2.75) is 29.9 Å². The lowest BCUT2D eigenvalue weighted by Crippen LogP contribution is -2.46. The highest BCUT2D eigenvalue weighted by molar-refractivity contribution is 7.93. The van der Waals surface area contributed by atoms with Gasteiger partial charge in [-0.15, -0.1) is 0 Å². The van der Waals surface area contributed by atoms with Crippen molar-refractivity contribution >= 4 is 21.5 Å². The molecule has 0 radical (unpaired) electrons. The lowest BCUT2D eigenvalue weighted by Gasteiger charge is -2.27. The Morgan fingerprint density at radius 3 is 2.19 bits per heavy atom. The maximum atomic E-state index is 13.2. The zero-order valence-corrected chi connectivity index (χ0v) is 15.2. The molecular weight excluding hydrogens is 358 g/mol. The number of rotatable bonds is 7. The van der Waals surface area contributed by atoms with Gasteiger partial charge in [0.15, 0.2) is 14.6 Å². The quantitative estimate of drug-likeness (QED) is 0.417. The predicted molar refractivity (Wildman–Crippen MR) is 95.5 cm³/mol. The molecule has 138 valence electrons. The van der Waals surface area contributed by atoms with Crippen molar-refractivity contribution in [2.75, 3.05) is 6.61 Å². The minimum absolute atomic E-state index is 0.0407. The van der Waals surface area contributed by atoms with Crippen LogP contribution in [-0.4, -0.2) is 30.7 Å². The molecule has 2 aromatic rings. The van der Waals surface area contributed by atoms with Crippen LogP contribution in [0.5, 0.6) is 0 Å². The van der Waals surface area contributed by atoms with Crippen LogP contribution in [0.2, 0.25) is 0 Å². The lowest BCUT2D eigenvalue weighted by molar-refractivity contribution is -0.384. The summed E-state index contributed by atoms with van der Waals surface area (Å²) in [4.78, 5) is 22.5. The number of carbonyl (C=O) groups excluding carboxylic acids is 1. The number of benzene rings is 2. The first kappa shape index (κ1) is 19.6. The summed E-state index contributed by atoms with van der Waals surface area (Å²) in [5.74, 6) is -0.859. The van der Waals surface area contributed by atoms with Gasteiger partial charge in [-0.2, -0.15) is 0 Å². The van der Waals surface area contributed by atoms with Gasteiger partial charge >= 0.3 is 5.97 Å². The smallest absolute Gasteiger partial charge is 0.327 e. The Kier molecular flexibility index (Phi) is 5.76. The maximum Gasteiger partial charge on any atom is 0.327 e. The molecule has 0 N–H and O–H groups in total. The van der Waals surface area contributed by atoms with Crippen molar-refractivity contribution in [3.05, 3.63) is 70.3 Å². The number of esters is 1. The van der Waals surface area contributed by atoms with Crippen LogP contribution in [0, 0.1) is 10.1 Å². The van der Waals surface area contributed by atoms with Crippen LogP contribution in [0.15, 0.2) is 59.5 Å². The van der Waals surface area contributed by atoms with Crippen molar-refractivity contribution < 1.29 is 22.9 Å². The number of nitro benzene ring substituents is 1. The Morgan fingerprint density at radius 2 is 1.69 bits per heavy atom. The van der Waals surface area contributed by atoms with Crippen molar-refractivity contribution in [2.24, 2.45) is 0 Å². The standard InChI is InChI=1S/C18H19NO6S/c1-3-25-17(20)18(2,13-14-7-5-4-6-8-14)26(23,24)16-11-9-15(10-12-16)19(21)22/h4-12H,3,13H2,1-2H3. The first-order valence-electron chi connectivity index (χ1n) is 7.92. The molecule has 0 aliphatic heterocycles. The summed E-state index contributed by atoms with van der Waals surface area (Å²) in [5, 5.41) is 10.8. The Morgan fingerprint density at radius 1 is 1.12 bits per heavy atom. The van der Waals surface area contributed by atoms with Gasteiger partial charge in [0.25, 0.3) is 5.69 Å². The zero-order valence-electron chi connectivity index (χ0n) is 14.4.